The highest BCUT2D eigenvalue weighted by Crippen LogP contribution is 2.38. The summed E-state index contributed by atoms with van der Waals surface area (Å²) in [6.07, 6.45) is 7.24. The summed E-state index contributed by atoms with van der Waals surface area (Å²) in [5.74, 6) is 0.876. The largest absolute Gasteiger partial charge is 0.444 e. The molecule has 3 amide bonds. The van der Waals surface area contributed by atoms with Crippen molar-refractivity contribution in [2.45, 2.75) is 77.1 Å². The number of fused-ring (bicyclic) bond motifs is 3. The summed E-state index contributed by atoms with van der Waals surface area (Å²) in [7, 11) is 3.51. The Bertz CT molecular complexity index is 1550. The van der Waals surface area contributed by atoms with Crippen LogP contribution in [0.25, 0.3) is 11.0 Å². The van der Waals surface area contributed by atoms with Crippen molar-refractivity contribution in [2.75, 3.05) is 32.5 Å². The van der Waals surface area contributed by atoms with E-state index in [2.05, 4.69) is 26.8 Å². The molecule has 3 fully saturated rings. The number of carbonyl (C=O) groups excluding carboxylic acids is 3. The van der Waals surface area contributed by atoms with Crippen molar-refractivity contribution in [1.29, 1.82) is 0 Å². The van der Waals surface area contributed by atoms with E-state index >= 15 is 0 Å². The fourth-order valence-corrected chi connectivity index (χ4v) is 6.66. The zero-order valence-electron chi connectivity index (χ0n) is 25.7. The van der Waals surface area contributed by atoms with E-state index in [4.69, 9.17) is 9.72 Å². The molecular weight excluding hydrogens is 548 g/mol. The summed E-state index contributed by atoms with van der Waals surface area (Å²) < 4.78 is 7.65. The first kappa shape index (κ1) is 28.9. The van der Waals surface area contributed by atoms with E-state index in [1.165, 1.54) is 0 Å². The van der Waals surface area contributed by atoms with E-state index < -0.39 is 5.60 Å². The summed E-state index contributed by atoms with van der Waals surface area (Å²) in [5, 5.41) is 3.97. The van der Waals surface area contributed by atoms with Crippen LogP contribution in [0, 0.1) is 5.92 Å². The molecule has 5 heterocycles. The third kappa shape index (κ3) is 5.38. The van der Waals surface area contributed by atoms with E-state index in [9.17, 15) is 14.4 Å². The van der Waals surface area contributed by atoms with Gasteiger partial charge >= 0.3 is 6.09 Å². The van der Waals surface area contributed by atoms with E-state index in [1.54, 1.807) is 48.4 Å². The summed E-state index contributed by atoms with van der Waals surface area (Å²) in [4.78, 5) is 58.1. The monoisotopic (exact) mass is 588 g/mol. The fraction of sp³-hybridized carbons (Fsp3) is 0.548. The van der Waals surface area contributed by atoms with Crippen molar-refractivity contribution in [3.63, 3.8) is 0 Å². The topological polar surface area (TPSA) is 126 Å². The SMILES string of the molecule is C[C@@H]1C2CN(C(=O)c3ccc(Nc4ncc5cc(C(=O)N(C)C)n(C6CCCC6)c5n4)nc3)C1CN2C(=O)OC(C)(C)C. The van der Waals surface area contributed by atoms with Crippen LogP contribution < -0.4 is 5.32 Å². The van der Waals surface area contributed by atoms with Crippen LogP contribution >= 0.6 is 0 Å². The standard InChI is InChI=1S/C31H40N8O4/c1-18-23-17-38(30(42)43-31(2,3)4)24(18)16-37(23)27(40)19-11-12-25(32-14-19)34-29-33-15-20-13-22(28(41)36(5)6)39(26(20)35-29)21-9-7-8-10-21/h11-15,18,21,23-24H,7-10,16-17H2,1-6H3,(H,32,33,34,35)/t18-,23?,24?/m0/s1. The molecule has 3 aromatic rings. The lowest BCUT2D eigenvalue weighted by Crippen LogP contribution is -2.51. The van der Waals surface area contributed by atoms with Crippen molar-refractivity contribution >= 4 is 40.7 Å². The number of piperazine rings is 1. The number of pyridine rings is 1. The van der Waals surface area contributed by atoms with Crippen LogP contribution in [0.5, 0.6) is 0 Å². The smallest absolute Gasteiger partial charge is 0.410 e. The molecule has 12 heteroatoms. The van der Waals surface area contributed by atoms with Gasteiger partial charge < -0.3 is 29.3 Å². The molecule has 43 heavy (non-hydrogen) atoms. The van der Waals surface area contributed by atoms with Gasteiger partial charge in [-0.25, -0.2) is 14.8 Å². The Morgan fingerprint density at radius 1 is 1.00 bits per heavy atom. The average Bonchev–Trinajstić information content (AvgIpc) is 3.74. The maximum Gasteiger partial charge on any atom is 0.410 e. The summed E-state index contributed by atoms with van der Waals surface area (Å²) in [6, 6.07) is 5.44. The normalized spacial score (nSPS) is 22.0. The van der Waals surface area contributed by atoms with Crippen LogP contribution in [0.2, 0.25) is 0 Å². The molecule has 2 bridgehead atoms. The van der Waals surface area contributed by atoms with E-state index in [0.29, 0.717) is 36.1 Å². The van der Waals surface area contributed by atoms with Gasteiger partial charge in [-0.1, -0.05) is 19.8 Å². The van der Waals surface area contributed by atoms with Crippen LogP contribution in [-0.4, -0.2) is 97.0 Å². The molecule has 2 unspecified atom stereocenters. The molecule has 0 spiro atoms. The molecule has 2 saturated heterocycles. The lowest BCUT2D eigenvalue weighted by Gasteiger charge is -2.35. The lowest BCUT2D eigenvalue weighted by atomic mass is 10.0. The number of ether oxygens (including phenoxy) is 1. The highest BCUT2D eigenvalue weighted by atomic mass is 16.6. The molecule has 228 valence electrons. The number of amides is 3. The Labute approximate surface area is 251 Å². The van der Waals surface area contributed by atoms with Gasteiger partial charge in [-0.2, -0.15) is 4.98 Å². The minimum absolute atomic E-state index is 0.0560. The molecule has 0 radical (unpaired) electrons. The zero-order valence-corrected chi connectivity index (χ0v) is 25.7. The van der Waals surface area contributed by atoms with Gasteiger partial charge in [0.25, 0.3) is 11.8 Å². The Hall–Kier alpha value is -4.22. The van der Waals surface area contributed by atoms with Gasteiger partial charge in [-0.15, -0.1) is 0 Å². The summed E-state index contributed by atoms with van der Waals surface area (Å²) in [6.45, 7) is 8.57. The minimum atomic E-state index is -0.565. The molecule has 12 nitrogen and oxygen atoms in total. The Morgan fingerprint density at radius 3 is 2.30 bits per heavy atom. The minimum Gasteiger partial charge on any atom is -0.444 e. The molecule has 0 aromatic carbocycles. The van der Waals surface area contributed by atoms with E-state index in [-0.39, 0.29) is 42.0 Å². The van der Waals surface area contributed by atoms with Crippen molar-refractivity contribution < 1.29 is 19.1 Å². The summed E-state index contributed by atoms with van der Waals surface area (Å²) in [5.41, 5.74) is 1.26. The lowest BCUT2D eigenvalue weighted by molar-refractivity contribution is 0.0123. The molecule has 1 saturated carbocycles. The molecule has 6 rings (SSSR count). The van der Waals surface area contributed by atoms with Gasteiger partial charge in [0.15, 0.2) is 0 Å². The number of aromatic nitrogens is 4. The van der Waals surface area contributed by atoms with Gasteiger partial charge in [0, 0.05) is 56.9 Å². The third-order valence-corrected chi connectivity index (χ3v) is 8.81. The summed E-state index contributed by atoms with van der Waals surface area (Å²) >= 11 is 0. The molecular formula is C31H40N8O4. The third-order valence-electron chi connectivity index (χ3n) is 8.81. The number of hydrogen-bond acceptors (Lipinski definition) is 8. The quantitative estimate of drug-likeness (QED) is 0.463. The van der Waals surface area contributed by atoms with Crippen LogP contribution in [0.1, 0.15) is 80.3 Å². The number of anilines is 2. The highest BCUT2D eigenvalue weighted by Gasteiger charge is 2.53. The number of carbonyl (C=O) groups is 3. The molecule has 3 aliphatic rings. The Morgan fingerprint density at radius 2 is 1.70 bits per heavy atom. The Balaban J connectivity index is 1.16. The van der Waals surface area contributed by atoms with Gasteiger partial charge in [0.2, 0.25) is 5.95 Å². The van der Waals surface area contributed by atoms with Crippen molar-refractivity contribution in [1.82, 2.24) is 34.2 Å². The number of hydrogen-bond donors (Lipinski definition) is 1. The number of rotatable bonds is 5. The van der Waals surface area contributed by atoms with Gasteiger partial charge in [0.05, 0.1) is 17.6 Å². The molecule has 1 N–H and O–H groups in total. The maximum atomic E-state index is 13.4. The van der Waals surface area contributed by atoms with Gasteiger partial charge in [-0.3, -0.25) is 9.59 Å². The number of nitrogens with zero attached hydrogens (tertiary/aromatic N) is 7. The second-order valence-electron chi connectivity index (χ2n) is 13.2. The second kappa shape index (κ2) is 10.8. The van der Waals surface area contributed by atoms with Crippen LogP contribution in [0.4, 0.5) is 16.6 Å². The Kier molecular flexibility index (Phi) is 7.26. The first-order chi connectivity index (χ1) is 20.4. The number of nitrogens with one attached hydrogen (secondary N) is 1. The first-order valence-electron chi connectivity index (χ1n) is 15.0. The predicted octanol–water partition coefficient (Wildman–Crippen LogP) is 4.47. The maximum absolute atomic E-state index is 13.4. The average molecular weight is 589 g/mol. The molecule has 2 aliphatic heterocycles. The van der Waals surface area contributed by atoms with Crippen molar-refractivity contribution in [2.24, 2.45) is 5.92 Å². The highest BCUT2D eigenvalue weighted by molar-refractivity contribution is 5.98. The second-order valence-corrected chi connectivity index (χ2v) is 13.2. The predicted molar refractivity (Wildman–Crippen MR) is 161 cm³/mol. The molecule has 3 aromatic heterocycles. The van der Waals surface area contributed by atoms with E-state index in [0.717, 1.165) is 36.7 Å². The zero-order chi connectivity index (χ0) is 30.6. The molecule has 1 aliphatic carbocycles. The number of likely N-dealkylation sites (tertiary alicyclic amines) is 2. The van der Waals surface area contributed by atoms with Gasteiger partial charge in [-0.05, 0) is 51.8 Å². The molecule has 3 atom stereocenters. The van der Waals surface area contributed by atoms with Gasteiger partial charge in [0.1, 0.15) is 22.8 Å². The van der Waals surface area contributed by atoms with Crippen LogP contribution in [0.15, 0.2) is 30.6 Å². The van der Waals surface area contributed by atoms with Crippen LogP contribution in [0.3, 0.4) is 0 Å². The van der Waals surface area contributed by atoms with Crippen LogP contribution in [-0.2, 0) is 4.74 Å². The van der Waals surface area contributed by atoms with E-state index in [1.807, 2.05) is 31.7 Å². The van der Waals surface area contributed by atoms with Crippen molar-refractivity contribution in [3.05, 3.63) is 41.9 Å². The fourth-order valence-electron chi connectivity index (χ4n) is 6.66. The van der Waals surface area contributed by atoms with Crippen molar-refractivity contribution in [3.8, 4) is 0 Å². The first-order valence-corrected chi connectivity index (χ1v) is 15.0.